The second-order valence-electron chi connectivity index (χ2n) is 2.61. The number of carbonyl (C=O) groups excluding carboxylic acids is 1. The molecular formula is C8H13NO. The maximum Gasteiger partial charge on any atom is 0.220 e. The van der Waals surface area contributed by atoms with E-state index in [4.69, 9.17) is 0 Å². The van der Waals surface area contributed by atoms with Crippen molar-refractivity contribution in [1.29, 1.82) is 0 Å². The molecule has 1 fully saturated rings. The molecule has 1 aliphatic rings. The topological polar surface area (TPSA) is 29.1 Å². The summed E-state index contributed by atoms with van der Waals surface area (Å²) in [5.74, 6) is 0.203. The highest BCUT2D eigenvalue weighted by Gasteiger charge is 2.18. The van der Waals surface area contributed by atoms with Crippen LogP contribution in [-0.4, -0.2) is 11.9 Å². The lowest BCUT2D eigenvalue weighted by atomic mass is 10.1. The molecule has 0 saturated carbocycles. The highest BCUT2D eigenvalue weighted by Crippen LogP contribution is 2.09. The number of amides is 1. The Hall–Kier alpha value is -0.790. The van der Waals surface area contributed by atoms with Gasteiger partial charge in [-0.05, 0) is 19.8 Å². The molecule has 1 amide bonds. The fourth-order valence-corrected chi connectivity index (χ4v) is 1.15. The minimum absolute atomic E-state index is 0.203. The first kappa shape index (κ1) is 7.32. The Labute approximate surface area is 61.3 Å². The molecule has 1 heterocycles. The molecular weight excluding hydrogens is 126 g/mol. The van der Waals surface area contributed by atoms with Crippen LogP contribution in [0.4, 0.5) is 0 Å². The molecule has 56 valence electrons. The highest BCUT2D eigenvalue weighted by atomic mass is 16.1. The van der Waals surface area contributed by atoms with E-state index in [0.717, 1.165) is 12.8 Å². The zero-order valence-corrected chi connectivity index (χ0v) is 6.26. The maximum absolute atomic E-state index is 10.7. The van der Waals surface area contributed by atoms with Crippen LogP contribution < -0.4 is 5.32 Å². The average Bonchev–Trinajstić information content (AvgIpc) is 2.31. The molecule has 0 aromatic rings. The van der Waals surface area contributed by atoms with Crippen LogP contribution in [0.3, 0.4) is 0 Å². The summed E-state index contributed by atoms with van der Waals surface area (Å²) in [6, 6.07) is 0.406. The first-order chi connectivity index (χ1) is 4.83. The van der Waals surface area contributed by atoms with Crippen molar-refractivity contribution < 1.29 is 4.79 Å². The monoisotopic (exact) mass is 139 g/mol. The van der Waals surface area contributed by atoms with E-state index < -0.39 is 0 Å². The summed E-state index contributed by atoms with van der Waals surface area (Å²) in [4.78, 5) is 10.7. The van der Waals surface area contributed by atoms with E-state index in [2.05, 4.69) is 11.4 Å². The predicted molar refractivity (Wildman–Crippen MR) is 40.6 cm³/mol. The molecule has 0 aliphatic carbocycles. The van der Waals surface area contributed by atoms with E-state index >= 15 is 0 Å². The molecule has 1 aliphatic heterocycles. The summed E-state index contributed by atoms with van der Waals surface area (Å²) in [5.41, 5.74) is 0. The molecule has 1 N–H and O–H groups in total. The van der Waals surface area contributed by atoms with E-state index in [-0.39, 0.29) is 5.91 Å². The molecule has 1 rings (SSSR count). The molecule has 0 spiro atoms. The largest absolute Gasteiger partial charge is 0.353 e. The lowest BCUT2D eigenvalue weighted by molar-refractivity contribution is -0.119. The van der Waals surface area contributed by atoms with E-state index in [9.17, 15) is 4.79 Å². The fraction of sp³-hybridized carbons (Fsp3) is 0.625. The van der Waals surface area contributed by atoms with E-state index in [0.29, 0.717) is 12.5 Å². The van der Waals surface area contributed by atoms with Gasteiger partial charge in [-0.3, -0.25) is 4.79 Å². The van der Waals surface area contributed by atoms with Crippen molar-refractivity contribution >= 4 is 5.91 Å². The SMILES string of the molecule is C/C=C/CC1CCC(=O)N1. The van der Waals surface area contributed by atoms with Crippen LogP contribution in [0, 0.1) is 0 Å². The zero-order valence-electron chi connectivity index (χ0n) is 6.26. The summed E-state index contributed by atoms with van der Waals surface area (Å²) in [5, 5.41) is 2.90. The van der Waals surface area contributed by atoms with Crippen LogP contribution in [-0.2, 0) is 4.79 Å². The predicted octanol–water partition coefficient (Wildman–Crippen LogP) is 1.23. The molecule has 2 nitrogen and oxygen atoms in total. The van der Waals surface area contributed by atoms with Gasteiger partial charge in [-0.25, -0.2) is 0 Å². The first-order valence-electron chi connectivity index (χ1n) is 3.73. The third-order valence-electron chi connectivity index (χ3n) is 1.74. The van der Waals surface area contributed by atoms with Gasteiger partial charge in [0.25, 0.3) is 0 Å². The van der Waals surface area contributed by atoms with Gasteiger partial charge in [0.05, 0.1) is 0 Å². The van der Waals surface area contributed by atoms with Crippen LogP contribution in [0.1, 0.15) is 26.2 Å². The third-order valence-corrected chi connectivity index (χ3v) is 1.74. The van der Waals surface area contributed by atoms with Crippen molar-refractivity contribution in [3.8, 4) is 0 Å². The van der Waals surface area contributed by atoms with Gasteiger partial charge in [0, 0.05) is 12.5 Å². The smallest absolute Gasteiger partial charge is 0.220 e. The lowest BCUT2D eigenvalue weighted by Gasteiger charge is -2.03. The minimum atomic E-state index is 0.203. The molecule has 0 radical (unpaired) electrons. The van der Waals surface area contributed by atoms with Crippen molar-refractivity contribution in [3.05, 3.63) is 12.2 Å². The molecule has 1 unspecified atom stereocenters. The second kappa shape index (κ2) is 3.40. The van der Waals surface area contributed by atoms with Gasteiger partial charge in [-0.1, -0.05) is 12.2 Å². The molecule has 0 aromatic heterocycles. The van der Waals surface area contributed by atoms with Gasteiger partial charge in [0.1, 0.15) is 0 Å². The Morgan fingerprint density at radius 3 is 3.10 bits per heavy atom. The Bertz CT molecular complexity index is 151. The number of hydrogen-bond donors (Lipinski definition) is 1. The Morgan fingerprint density at radius 1 is 1.80 bits per heavy atom. The number of rotatable bonds is 2. The maximum atomic E-state index is 10.7. The van der Waals surface area contributed by atoms with Crippen molar-refractivity contribution in [1.82, 2.24) is 5.32 Å². The van der Waals surface area contributed by atoms with Crippen LogP contribution in [0.15, 0.2) is 12.2 Å². The molecule has 0 bridgehead atoms. The number of nitrogens with one attached hydrogen (secondary N) is 1. The fourth-order valence-electron chi connectivity index (χ4n) is 1.15. The van der Waals surface area contributed by atoms with Gasteiger partial charge < -0.3 is 5.32 Å². The normalized spacial score (nSPS) is 25.7. The molecule has 1 atom stereocenters. The van der Waals surface area contributed by atoms with E-state index in [1.54, 1.807) is 0 Å². The quantitative estimate of drug-likeness (QED) is 0.573. The molecule has 2 heteroatoms. The standard InChI is InChI=1S/C8H13NO/c1-2-3-4-7-5-6-8(10)9-7/h2-3,7H,4-6H2,1H3,(H,9,10)/b3-2+. The third kappa shape index (κ3) is 1.87. The minimum Gasteiger partial charge on any atom is -0.353 e. The molecule has 10 heavy (non-hydrogen) atoms. The van der Waals surface area contributed by atoms with Crippen LogP contribution in [0.5, 0.6) is 0 Å². The van der Waals surface area contributed by atoms with E-state index in [1.165, 1.54) is 0 Å². The van der Waals surface area contributed by atoms with Crippen molar-refractivity contribution in [2.45, 2.75) is 32.2 Å². The average molecular weight is 139 g/mol. The van der Waals surface area contributed by atoms with Gasteiger partial charge in [0.2, 0.25) is 5.91 Å². The van der Waals surface area contributed by atoms with Crippen LogP contribution in [0.25, 0.3) is 0 Å². The summed E-state index contributed by atoms with van der Waals surface area (Å²) in [7, 11) is 0. The van der Waals surface area contributed by atoms with Crippen molar-refractivity contribution in [2.75, 3.05) is 0 Å². The summed E-state index contributed by atoms with van der Waals surface area (Å²) in [6.45, 7) is 2.00. The highest BCUT2D eigenvalue weighted by molar-refractivity contribution is 5.78. The molecule has 1 saturated heterocycles. The summed E-state index contributed by atoms with van der Waals surface area (Å²) < 4.78 is 0. The van der Waals surface area contributed by atoms with Crippen molar-refractivity contribution in [2.24, 2.45) is 0 Å². The van der Waals surface area contributed by atoms with Crippen LogP contribution in [0.2, 0.25) is 0 Å². The van der Waals surface area contributed by atoms with Gasteiger partial charge in [-0.15, -0.1) is 0 Å². The first-order valence-corrected chi connectivity index (χ1v) is 3.73. The molecule has 0 aromatic carbocycles. The van der Waals surface area contributed by atoms with Gasteiger partial charge in [-0.2, -0.15) is 0 Å². The zero-order chi connectivity index (χ0) is 7.40. The van der Waals surface area contributed by atoms with Crippen LogP contribution >= 0.6 is 0 Å². The van der Waals surface area contributed by atoms with E-state index in [1.807, 2.05) is 13.0 Å². The van der Waals surface area contributed by atoms with Crippen molar-refractivity contribution in [3.63, 3.8) is 0 Å². The lowest BCUT2D eigenvalue weighted by Crippen LogP contribution is -2.24. The number of allylic oxidation sites excluding steroid dienone is 1. The van der Waals surface area contributed by atoms with Gasteiger partial charge in [0.15, 0.2) is 0 Å². The van der Waals surface area contributed by atoms with Gasteiger partial charge >= 0.3 is 0 Å². The second-order valence-corrected chi connectivity index (χ2v) is 2.61. The number of hydrogen-bond acceptors (Lipinski definition) is 1. The Kier molecular flexibility index (Phi) is 2.49. The summed E-state index contributed by atoms with van der Waals surface area (Å²) >= 11 is 0. The Balaban J connectivity index is 2.24. The number of carbonyl (C=O) groups is 1. The Morgan fingerprint density at radius 2 is 2.60 bits per heavy atom. The summed E-state index contributed by atoms with van der Waals surface area (Å²) in [6.07, 6.45) is 6.81.